The minimum Gasteiger partial charge on any atom is -0.348 e. The van der Waals surface area contributed by atoms with E-state index in [0.29, 0.717) is 6.54 Å². The molecule has 0 amide bonds. The van der Waals surface area contributed by atoms with Gasteiger partial charge in [-0.25, -0.2) is 9.97 Å². The molecule has 2 heterocycles. The fourth-order valence-electron chi connectivity index (χ4n) is 1.09. The van der Waals surface area contributed by atoms with Crippen LogP contribution in [0.15, 0.2) is 24.8 Å². The topological polar surface area (TPSA) is 58.5 Å². The minimum atomic E-state index is 0.665. The number of hydrogen-bond donors (Lipinski definition) is 2. The largest absolute Gasteiger partial charge is 0.348 e. The lowest BCUT2D eigenvalue weighted by Crippen LogP contribution is -2.05. The molecule has 5 heteroatoms. The summed E-state index contributed by atoms with van der Waals surface area (Å²) in [4.78, 5) is 11.2. The lowest BCUT2D eigenvalue weighted by Gasteiger charge is -2.02. The number of nitrogens with one attached hydrogen (secondary N) is 2. The monoisotopic (exact) mass is 177 g/mol. The van der Waals surface area contributed by atoms with E-state index in [1.165, 1.54) is 0 Å². The van der Waals surface area contributed by atoms with Crippen LogP contribution in [0, 0.1) is 0 Å². The number of nitrogens with zero attached hydrogens (tertiary/aromatic N) is 3. The van der Waals surface area contributed by atoms with E-state index in [4.69, 9.17) is 0 Å². The van der Waals surface area contributed by atoms with Crippen molar-refractivity contribution < 1.29 is 0 Å². The predicted molar refractivity (Wildman–Crippen MR) is 49.1 cm³/mol. The Hall–Kier alpha value is -1.78. The van der Waals surface area contributed by atoms with Crippen LogP contribution < -0.4 is 5.32 Å². The maximum absolute atomic E-state index is 4.13. The number of aromatic nitrogens is 4. The van der Waals surface area contributed by atoms with Gasteiger partial charge in [0.25, 0.3) is 0 Å². The Morgan fingerprint density at radius 3 is 3.00 bits per heavy atom. The van der Waals surface area contributed by atoms with Gasteiger partial charge in [-0.05, 0) is 0 Å². The van der Waals surface area contributed by atoms with Crippen LogP contribution >= 0.6 is 0 Å². The molecule has 0 fully saturated rings. The Bertz CT molecular complexity index is 362. The number of aryl methyl sites for hydroxylation is 1. The van der Waals surface area contributed by atoms with E-state index in [1.54, 1.807) is 18.6 Å². The van der Waals surface area contributed by atoms with Crippen LogP contribution in [-0.4, -0.2) is 19.5 Å². The first-order valence-corrected chi connectivity index (χ1v) is 4.06. The summed E-state index contributed by atoms with van der Waals surface area (Å²) in [7, 11) is 1.94. The lowest BCUT2D eigenvalue weighted by molar-refractivity contribution is 0.884. The maximum atomic E-state index is 4.13. The van der Waals surface area contributed by atoms with Gasteiger partial charge >= 0.3 is 0 Å². The molecule has 0 aromatic carbocycles. The molecule has 2 aromatic rings. The second-order valence-electron chi connectivity index (χ2n) is 2.75. The standard InChI is InChI=1S/C8H11N5/c1-13-5-4-11-8(13)12-6-7-9-2-3-10-7/h2-5H,6H2,1H3,(H,9,10)(H,11,12). The number of anilines is 1. The summed E-state index contributed by atoms with van der Waals surface area (Å²) in [5.41, 5.74) is 0. The third-order valence-corrected chi connectivity index (χ3v) is 1.79. The van der Waals surface area contributed by atoms with Crippen LogP contribution in [0.5, 0.6) is 0 Å². The van der Waals surface area contributed by atoms with Gasteiger partial charge in [0.15, 0.2) is 0 Å². The van der Waals surface area contributed by atoms with Crippen molar-refractivity contribution in [2.24, 2.45) is 7.05 Å². The van der Waals surface area contributed by atoms with Crippen LogP contribution in [0.2, 0.25) is 0 Å². The molecule has 2 aromatic heterocycles. The van der Waals surface area contributed by atoms with Gasteiger partial charge in [-0.3, -0.25) is 0 Å². The Morgan fingerprint density at radius 1 is 1.46 bits per heavy atom. The van der Waals surface area contributed by atoms with Crippen LogP contribution in [0.25, 0.3) is 0 Å². The predicted octanol–water partition coefficient (Wildman–Crippen LogP) is 0.755. The molecule has 13 heavy (non-hydrogen) atoms. The Kier molecular flexibility index (Phi) is 1.99. The molecule has 0 atom stereocenters. The number of rotatable bonds is 3. The van der Waals surface area contributed by atoms with Crippen molar-refractivity contribution in [2.75, 3.05) is 5.32 Å². The smallest absolute Gasteiger partial charge is 0.202 e. The Labute approximate surface area is 75.8 Å². The summed E-state index contributed by atoms with van der Waals surface area (Å²) < 4.78 is 1.92. The highest BCUT2D eigenvalue weighted by molar-refractivity contribution is 5.25. The van der Waals surface area contributed by atoms with Crippen molar-refractivity contribution in [3.05, 3.63) is 30.6 Å². The molecule has 0 saturated carbocycles. The maximum Gasteiger partial charge on any atom is 0.202 e. The second-order valence-corrected chi connectivity index (χ2v) is 2.75. The molecule has 2 rings (SSSR count). The highest BCUT2D eigenvalue weighted by Crippen LogP contribution is 2.01. The lowest BCUT2D eigenvalue weighted by atomic mass is 10.6. The number of H-pyrrole nitrogens is 1. The summed E-state index contributed by atoms with van der Waals surface area (Å²) in [5.74, 6) is 1.75. The van der Waals surface area contributed by atoms with Crippen molar-refractivity contribution in [3.8, 4) is 0 Å². The van der Waals surface area contributed by atoms with Gasteiger partial charge in [-0.2, -0.15) is 0 Å². The van der Waals surface area contributed by atoms with Gasteiger partial charge in [0, 0.05) is 31.8 Å². The van der Waals surface area contributed by atoms with Crippen LogP contribution in [-0.2, 0) is 13.6 Å². The first kappa shape index (κ1) is 7.85. The van der Waals surface area contributed by atoms with Gasteiger partial charge in [0.2, 0.25) is 5.95 Å². The molecule has 0 aliphatic heterocycles. The van der Waals surface area contributed by atoms with E-state index >= 15 is 0 Å². The number of imidazole rings is 2. The third-order valence-electron chi connectivity index (χ3n) is 1.79. The molecule has 0 aliphatic rings. The molecule has 5 nitrogen and oxygen atoms in total. The average molecular weight is 177 g/mol. The summed E-state index contributed by atoms with van der Waals surface area (Å²) >= 11 is 0. The zero-order valence-corrected chi connectivity index (χ0v) is 7.36. The molecule has 0 saturated heterocycles. The van der Waals surface area contributed by atoms with Crippen LogP contribution in [0.1, 0.15) is 5.82 Å². The van der Waals surface area contributed by atoms with Gasteiger partial charge in [-0.15, -0.1) is 0 Å². The van der Waals surface area contributed by atoms with E-state index in [0.717, 1.165) is 11.8 Å². The van der Waals surface area contributed by atoms with Crippen molar-refractivity contribution in [1.82, 2.24) is 19.5 Å². The SMILES string of the molecule is Cn1ccnc1NCc1ncc[nH]1. The van der Waals surface area contributed by atoms with E-state index < -0.39 is 0 Å². The van der Waals surface area contributed by atoms with E-state index in [2.05, 4.69) is 20.3 Å². The van der Waals surface area contributed by atoms with E-state index in [9.17, 15) is 0 Å². The molecule has 0 radical (unpaired) electrons. The third kappa shape index (κ3) is 1.69. The van der Waals surface area contributed by atoms with Crippen LogP contribution in [0.3, 0.4) is 0 Å². The fourth-order valence-corrected chi connectivity index (χ4v) is 1.09. The number of hydrogen-bond acceptors (Lipinski definition) is 3. The molecule has 0 bridgehead atoms. The zero-order valence-electron chi connectivity index (χ0n) is 7.36. The molecular weight excluding hydrogens is 166 g/mol. The first-order valence-electron chi connectivity index (χ1n) is 4.06. The zero-order chi connectivity index (χ0) is 9.10. The average Bonchev–Trinajstić information content (AvgIpc) is 2.72. The normalized spacial score (nSPS) is 10.2. The molecule has 68 valence electrons. The van der Waals surface area contributed by atoms with Crippen molar-refractivity contribution in [2.45, 2.75) is 6.54 Å². The first-order chi connectivity index (χ1) is 6.36. The molecule has 0 spiro atoms. The highest BCUT2D eigenvalue weighted by Gasteiger charge is 1.98. The fraction of sp³-hybridized carbons (Fsp3) is 0.250. The summed E-state index contributed by atoms with van der Waals surface area (Å²) in [6.07, 6.45) is 7.18. The van der Waals surface area contributed by atoms with Crippen molar-refractivity contribution in [1.29, 1.82) is 0 Å². The summed E-state index contributed by atoms with van der Waals surface area (Å²) in [6, 6.07) is 0. The Balaban J connectivity index is 1.97. The van der Waals surface area contributed by atoms with Crippen LogP contribution in [0.4, 0.5) is 5.95 Å². The Morgan fingerprint density at radius 2 is 2.38 bits per heavy atom. The van der Waals surface area contributed by atoms with Gasteiger partial charge in [0.05, 0.1) is 6.54 Å². The summed E-state index contributed by atoms with van der Waals surface area (Å²) in [5, 5.41) is 3.15. The van der Waals surface area contributed by atoms with E-state index in [-0.39, 0.29) is 0 Å². The quantitative estimate of drug-likeness (QED) is 0.727. The number of aromatic amines is 1. The van der Waals surface area contributed by atoms with E-state index in [1.807, 2.05) is 17.8 Å². The van der Waals surface area contributed by atoms with Gasteiger partial charge in [0.1, 0.15) is 5.82 Å². The molecule has 0 unspecified atom stereocenters. The molecular formula is C8H11N5. The highest BCUT2D eigenvalue weighted by atomic mass is 15.2. The van der Waals surface area contributed by atoms with Gasteiger partial charge in [-0.1, -0.05) is 0 Å². The minimum absolute atomic E-state index is 0.665. The van der Waals surface area contributed by atoms with Crippen molar-refractivity contribution in [3.63, 3.8) is 0 Å². The molecule has 0 aliphatic carbocycles. The van der Waals surface area contributed by atoms with Gasteiger partial charge < -0.3 is 14.9 Å². The van der Waals surface area contributed by atoms with Crippen molar-refractivity contribution >= 4 is 5.95 Å². The molecule has 2 N–H and O–H groups in total. The summed E-state index contributed by atoms with van der Waals surface area (Å²) in [6.45, 7) is 0.665. The second kappa shape index (κ2) is 3.30.